The lowest BCUT2D eigenvalue weighted by molar-refractivity contribution is -0.157. The van der Waals surface area contributed by atoms with E-state index in [9.17, 15) is 10.1 Å². The lowest BCUT2D eigenvalue weighted by Gasteiger charge is -2.26. The molecule has 132 valence electrons. The summed E-state index contributed by atoms with van der Waals surface area (Å²) in [4.78, 5) is 12.9. The van der Waals surface area contributed by atoms with Crippen molar-refractivity contribution in [2.75, 3.05) is 0 Å². The molecule has 4 nitrogen and oxygen atoms in total. The van der Waals surface area contributed by atoms with Crippen LogP contribution in [0.1, 0.15) is 37.8 Å². The number of benzene rings is 2. The molecular formula is C22H22N2O2. The Morgan fingerprint density at radius 1 is 1.04 bits per heavy atom. The molecule has 1 N–H and O–H groups in total. The first-order valence-corrected chi connectivity index (χ1v) is 8.65. The number of nitrogens with zero attached hydrogens (tertiary/aromatic N) is 1. The van der Waals surface area contributed by atoms with E-state index in [1.807, 2.05) is 81.4 Å². The molecule has 0 saturated carbocycles. The average Bonchev–Trinajstić information content (AvgIpc) is 3.01. The van der Waals surface area contributed by atoms with Gasteiger partial charge in [0.25, 0.3) is 0 Å². The predicted octanol–water partition coefficient (Wildman–Crippen LogP) is 4.02. The zero-order chi connectivity index (χ0) is 18.7. The number of ether oxygens (including phenoxy) is 1. The highest BCUT2D eigenvalue weighted by Gasteiger charge is 2.42. The largest absolute Gasteiger partial charge is 0.458 e. The van der Waals surface area contributed by atoms with Crippen molar-refractivity contribution in [1.82, 2.24) is 5.32 Å². The van der Waals surface area contributed by atoms with Crippen LogP contribution in [0, 0.1) is 11.3 Å². The number of rotatable bonds is 3. The van der Waals surface area contributed by atoms with Gasteiger partial charge in [-0.25, -0.2) is 4.79 Å². The highest BCUT2D eigenvalue weighted by Crippen LogP contribution is 2.39. The Morgan fingerprint density at radius 3 is 2.15 bits per heavy atom. The number of nitriles is 1. The molecule has 1 heterocycles. The minimum Gasteiger partial charge on any atom is -0.458 e. The van der Waals surface area contributed by atoms with E-state index in [4.69, 9.17) is 4.74 Å². The van der Waals surface area contributed by atoms with Crippen molar-refractivity contribution in [3.8, 4) is 6.07 Å². The summed E-state index contributed by atoms with van der Waals surface area (Å²) in [6.45, 7) is 5.52. The van der Waals surface area contributed by atoms with Gasteiger partial charge in [-0.1, -0.05) is 60.7 Å². The summed E-state index contributed by atoms with van der Waals surface area (Å²) in [7, 11) is 0. The highest BCUT2D eigenvalue weighted by molar-refractivity contribution is 5.87. The highest BCUT2D eigenvalue weighted by atomic mass is 16.6. The second-order valence-electron chi connectivity index (χ2n) is 7.31. The molecule has 0 bridgehead atoms. The fourth-order valence-electron chi connectivity index (χ4n) is 3.19. The van der Waals surface area contributed by atoms with Crippen molar-refractivity contribution in [3.05, 3.63) is 77.4 Å². The number of hydrogen-bond acceptors (Lipinski definition) is 4. The van der Waals surface area contributed by atoms with Gasteiger partial charge in [-0.05, 0) is 31.9 Å². The van der Waals surface area contributed by atoms with Gasteiger partial charge >= 0.3 is 5.97 Å². The van der Waals surface area contributed by atoms with Gasteiger partial charge in [-0.2, -0.15) is 5.26 Å². The normalized spacial score (nSPS) is 19.6. The molecular weight excluding hydrogens is 324 g/mol. The Hall–Kier alpha value is -3.06. The molecule has 1 aliphatic heterocycles. The smallest absolute Gasteiger partial charge is 0.330 e. The molecule has 2 aromatic rings. The van der Waals surface area contributed by atoms with Crippen LogP contribution in [0.4, 0.5) is 0 Å². The van der Waals surface area contributed by atoms with E-state index in [0.29, 0.717) is 11.3 Å². The molecule has 4 heteroatoms. The average molecular weight is 346 g/mol. The fraction of sp³-hybridized carbons (Fsp3) is 0.273. The van der Waals surface area contributed by atoms with E-state index in [0.717, 1.165) is 11.1 Å². The van der Waals surface area contributed by atoms with Crippen molar-refractivity contribution in [1.29, 1.82) is 5.26 Å². The van der Waals surface area contributed by atoms with Crippen LogP contribution in [-0.4, -0.2) is 17.6 Å². The lowest BCUT2D eigenvalue weighted by Crippen LogP contribution is -2.41. The van der Waals surface area contributed by atoms with Crippen LogP contribution >= 0.6 is 0 Å². The van der Waals surface area contributed by atoms with Crippen molar-refractivity contribution in [2.45, 2.75) is 38.3 Å². The molecule has 0 saturated heterocycles. The lowest BCUT2D eigenvalue weighted by atomic mass is 9.87. The van der Waals surface area contributed by atoms with Gasteiger partial charge in [-0.3, -0.25) is 0 Å². The molecule has 2 atom stereocenters. The van der Waals surface area contributed by atoms with Crippen LogP contribution in [0.3, 0.4) is 0 Å². The van der Waals surface area contributed by atoms with Crippen LogP contribution in [0.5, 0.6) is 0 Å². The van der Waals surface area contributed by atoms with Gasteiger partial charge in [-0.15, -0.1) is 0 Å². The summed E-state index contributed by atoms with van der Waals surface area (Å²) in [5, 5.41) is 13.1. The molecule has 1 aliphatic rings. The van der Waals surface area contributed by atoms with Crippen LogP contribution in [-0.2, 0) is 9.53 Å². The van der Waals surface area contributed by atoms with Crippen molar-refractivity contribution in [3.63, 3.8) is 0 Å². The molecule has 0 radical (unpaired) electrons. The Kier molecular flexibility index (Phi) is 4.81. The van der Waals surface area contributed by atoms with Gasteiger partial charge in [0.05, 0.1) is 23.3 Å². The molecule has 0 fully saturated rings. The molecule has 0 spiro atoms. The van der Waals surface area contributed by atoms with E-state index in [1.54, 1.807) is 0 Å². The third-order valence-corrected chi connectivity index (χ3v) is 4.22. The van der Waals surface area contributed by atoms with Crippen LogP contribution in [0.2, 0.25) is 0 Å². The van der Waals surface area contributed by atoms with Gasteiger partial charge in [0.2, 0.25) is 0 Å². The van der Waals surface area contributed by atoms with Gasteiger partial charge in [0.1, 0.15) is 11.6 Å². The maximum absolute atomic E-state index is 12.9. The Balaban J connectivity index is 2.07. The number of hydrogen-bond donors (Lipinski definition) is 1. The van der Waals surface area contributed by atoms with Gasteiger partial charge < -0.3 is 10.1 Å². The first-order valence-electron chi connectivity index (χ1n) is 8.65. The van der Waals surface area contributed by atoms with Crippen LogP contribution in [0.25, 0.3) is 5.70 Å². The third-order valence-electron chi connectivity index (χ3n) is 4.22. The van der Waals surface area contributed by atoms with Crippen molar-refractivity contribution in [2.24, 2.45) is 0 Å². The second kappa shape index (κ2) is 7.05. The van der Waals surface area contributed by atoms with Crippen molar-refractivity contribution < 1.29 is 9.53 Å². The van der Waals surface area contributed by atoms with Crippen molar-refractivity contribution >= 4 is 11.7 Å². The summed E-state index contributed by atoms with van der Waals surface area (Å²) in [6, 6.07) is 20.9. The molecule has 26 heavy (non-hydrogen) atoms. The summed E-state index contributed by atoms with van der Waals surface area (Å²) in [5.41, 5.74) is 2.45. The van der Waals surface area contributed by atoms with E-state index < -0.39 is 11.6 Å². The molecule has 3 rings (SSSR count). The van der Waals surface area contributed by atoms with E-state index >= 15 is 0 Å². The van der Waals surface area contributed by atoms with Gasteiger partial charge in [0.15, 0.2) is 0 Å². The van der Waals surface area contributed by atoms with Crippen LogP contribution in [0.15, 0.2) is 66.2 Å². The zero-order valence-electron chi connectivity index (χ0n) is 15.2. The summed E-state index contributed by atoms with van der Waals surface area (Å²) < 4.78 is 5.61. The summed E-state index contributed by atoms with van der Waals surface area (Å²) >= 11 is 0. The second-order valence-corrected chi connectivity index (χ2v) is 7.31. The van der Waals surface area contributed by atoms with E-state index in [1.165, 1.54) is 0 Å². The monoisotopic (exact) mass is 346 g/mol. The van der Waals surface area contributed by atoms with E-state index in [-0.39, 0.29) is 11.9 Å². The molecule has 2 aromatic carbocycles. The molecule has 0 aromatic heterocycles. The Bertz CT molecular complexity index is 859. The molecule has 2 unspecified atom stereocenters. The van der Waals surface area contributed by atoms with Crippen LogP contribution < -0.4 is 5.32 Å². The SMILES string of the molecule is CC(C)(C)OC(=O)C1NC(c2ccccc2)=C(C#N)C1c1ccccc1. The summed E-state index contributed by atoms with van der Waals surface area (Å²) in [6.07, 6.45) is 0. The fourth-order valence-corrected chi connectivity index (χ4v) is 3.19. The maximum Gasteiger partial charge on any atom is 0.330 e. The number of nitrogens with one attached hydrogen (secondary N) is 1. The maximum atomic E-state index is 12.9. The molecule has 0 aliphatic carbocycles. The number of esters is 1. The minimum atomic E-state index is -0.638. The number of carbonyl (C=O) groups excluding carboxylic acids is 1. The van der Waals surface area contributed by atoms with E-state index in [2.05, 4.69) is 11.4 Å². The quantitative estimate of drug-likeness (QED) is 0.853. The Labute approximate surface area is 154 Å². The Morgan fingerprint density at radius 2 is 1.62 bits per heavy atom. The first kappa shape index (κ1) is 17.8. The zero-order valence-corrected chi connectivity index (χ0v) is 15.2. The standard InChI is InChI=1S/C22H22N2O2/c1-22(2,3)26-21(25)20-18(15-10-6-4-7-11-15)17(14-23)19(24-20)16-12-8-5-9-13-16/h4-13,18,20,24H,1-3H3. The number of carbonyl (C=O) groups is 1. The van der Waals surface area contributed by atoms with Gasteiger partial charge in [0, 0.05) is 0 Å². The predicted molar refractivity (Wildman–Crippen MR) is 101 cm³/mol. The third kappa shape index (κ3) is 3.62. The summed E-state index contributed by atoms with van der Waals surface area (Å²) in [5.74, 6) is -0.740. The minimum absolute atomic E-state index is 0.356. The topological polar surface area (TPSA) is 62.1 Å². The first-order chi connectivity index (χ1) is 12.4. The molecule has 0 amide bonds.